The number of hydrogen-bond acceptors (Lipinski definition) is 1. The van der Waals surface area contributed by atoms with E-state index in [2.05, 4.69) is 29.6 Å². The Morgan fingerprint density at radius 2 is 2.17 bits per heavy atom. The molecule has 0 spiro atoms. The Labute approximate surface area is 75.2 Å². The van der Waals surface area contributed by atoms with Crippen molar-refractivity contribution in [3.63, 3.8) is 0 Å². The largest absolute Gasteiger partial charge is 0.310 e. The van der Waals surface area contributed by atoms with E-state index in [4.69, 9.17) is 1.37 Å². The van der Waals surface area contributed by atoms with Crippen molar-refractivity contribution in [2.24, 2.45) is 0 Å². The van der Waals surface area contributed by atoms with Gasteiger partial charge in [-0.15, -0.1) is 0 Å². The second-order valence-corrected chi connectivity index (χ2v) is 3.23. The highest BCUT2D eigenvalue weighted by atomic mass is 14.9. The molecule has 1 nitrogen and oxygen atoms in total. The predicted octanol–water partition coefficient (Wildman–Crippen LogP) is 2.50. The molecule has 1 heterocycles. The molecule has 1 aliphatic heterocycles. The van der Waals surface area contributed by atoms with E-state index in [0.29, 0.717) is 6.04 Å². The van der Waals surface area contributed by atoms with Gasteiger partial charge in [0.15, 0.2) is 0 Å². The van der Waals surface area contributed by atoms with Crippen molar-refractivity contribution in [2.75, 3.05) is 6.54 Å². The van der Waals surface area contributed by atoms with Crippen LogP contribution in [0.1, 0.15) is 32.2 Å². The fourth-order valence-electron chi connectivity index (χ4n) is 1.67. The summed E-state index contributed by atoms with van der Waals surface area (Å²) in [6.07, 6.45) is 2.05. The van der Waals surface area contributed by atoms with Crippen LogP contribution < -0.4 is 5.32 Å². The maximum atomic E-state index is 7.71. The Hall–Kier alpha value is -0.820. The van der Waals surface area contributed by atoms with Crippen LogP contribution in [0, 0.1) is 0 Å². The minimum atomic E-state index is 0.117. The third kappa shape index (κ3) is 1.67. The van der Waals surface area contributed by atoms with Crippen LogP contribution in [0.5, 0.6) is 0 Å². The van der Waals surface area contributed by atoms with Gasteiger partial charge in [-0.1, -0.05) is 36.7 Å². The van der Waals surface area contributed by atoms with Crippen molar-refractivity contribution in [1.29, 1.82) is 0 Å². The Morgan fingerprint density at radius 1 is 1.33 bits per heavy atom. The van der Waals surface area contributed by atoms with E-state index < -0.39 is 0 Å². The minimum absolute atomic E-state index is 0.117. The second kappa shape index (κ2) is 3.72. The van der Waals surface area contributed by atoms with E-state index in [9.17, 15) is 0 Å². The Kier molecular flexibility index (Phi) is 2.07. The van der Waals surface area contributed by atoms with Gasteiger partial charge < -0.3 is 5.32 Å². The number of nitrogens with one attached hydrogen (secondary N) is 1. The maximum absolute atomic E-state index is 7.71. The SMILES string of the molecule is [2H][C@@H]1CCN[C@H](c2ccccc2)C1. The molecule has 2 atom stereocenters. The average molecular weight is 162 g/mol. The standard InChI is InChI=1S/C11H15N/c1-2-6-10(7-3-1)11-8-4-5-9-12-11/h1-3,6-7,11-12H,4-5,8-9H2/t11-/m0/s1/i4D/t4-,11+/m1. The first kappa shape index (κ1) is 6.67. The summed E-state index contributed by atoms with van der Waals surface area (Å²) >= 11 is 0. The van der Waals surface area contributed by atoms with Crippen LogP contribution in [-0.2, 0) is 0 Å². The fourth-order valence-corrected chi connectivity index (χ4v) is 1.67. The molecule has 1 N–H and O–H groups in total. The molecule has 0 aliphatic carbocycles. The molecule has 12 heavy (non-hydrogen) atoms. The predicted molar refractivity (Wildman–Crippen MR) is 51.0 cm³/mol. The van der Waals surface area contributed by atoms with Crippen molar-refractivity contribution in [3.8, 4) is 0 Å². The zero-order valence-corrected chi connectivity index (χ0v) is 7.16. The molecule has 0 bridgehead atoms. The number of hydrogen-bond donors (Lipinski definition) is 1. The third-order valence-electron chi connectivity index (χ3n) is 2.34. The van der Waals surface area contributed by atoms with Gasteiger partial charge in [-0.2, -0.15) is 0 Å². The van der Waals surface area contributed by atoms with Gasteiger partial charge in [-0.3, -0.25) is 0 Å². The molecule has 1 saturated heterocycles. The van der Waals surface area contributed by atoms with E-state index in [1.807, 2.05) is 6.07 Å². The summed E-state index contributed by atoms with van der Waals surface area (Å²) in [5.74, 6) is 0. The van der Waals surface area contributed by atoms with Crippen molar-refractivity contribution in [1.82, 2.24) is 5.32 Å². The molecule has 2 rings (SSSR count). The fraction of sp³-hybridized carbons (Fsp3) is 0.455. The van der Waals surface area contributed by atoms with E-state index in [0.717, 1.165) is 19.4 Å². The molecule has 64 valence electrons. The average Bonchev–Trinajstić information content (AvgIpc) is 2.19. The summed E-state index contributed by atoms with van der Waals surface area (Å²) in [5, 5.41) is 3.45. The van der Waals surface area contributed by atoms with E-state index >= 15 is 0 Å². The van der Waals surface area contributed by atoms with Crippen molar-refractivity contribution in [3.05, 3.63) is 35.9 Å². The summed E-state index contributed by atoms with van der Waals surface area (Å²) in [6.45, 7) is 0.980. The maximum Gasteiger partial charge on any atom is 0.0320 e. The summed E-state index contributed by atoms with van der Waals surface area (Å²) in [7, 11) is 0. The van der Waals surface area contributed by atoms with Crippen LogP contribution in [0.15, 0.2) is 30.3 Å². The Morgan fingerprint density at radius 3 is 2.92 bits per heavy atom. The lowest BCUT2D eigenvalue weighted by Gasteiger charge is -2.23. The van der Waals surface area contributed by atoms with Crippen LogP contribution in [-0.4, -0.2) is 6.54 Å². The molecule has 0 amide bonds. The molecular weight excluding hydrogens is 146 g/mol. The molecule has 0 saturated carbocycles. The molecule has 1 fully saturated rings. The van der Waals surface area contributed by atoms with Gasteiger partial charge in [0.1, 0.15) is 0 Å². The summed E-state index contributed by atoms with van der Waals surface area (Å²) in [6, 6.07) is 10.8. The summed E-state index contributed by atoms with van der Waals surface area (Å²) < 4.78 is 7.71. The van der Waals surface area contributed by atoms with Gasteiger partial charge in [-0.25, -0.2) is 0 Å². The zero-order chi connectivity index (χ0) is 9.10. The lowest BCUT2D eigenvalue weighted by molar-refractivity contribution is 0.412. The van der Waals surface area contributed by atoms with Crippen LogP contribution in [0.4, 0.5) is 0 Å². The topological polar surface area (TPSA) is 12.0 Å². The molecule has 0 aromatic heterocycles. The Bertz CT molecular complexity index is 260. The number of benzene rings is 1. The van der Waals surface area contributed by atoms with Crippen molar-refractivity contribution < 1.29 is 1.37 Å². The molecule has 0 unspecified atom stereocenters. The van der Waals surface area contributed by atoms with Gasteiger partial charge in [-0.05, 0) is 24.9 Å². The number of piperidine rings is 1. The van der Waals surface area contributed by atoms with Crippen LogP contribution in [0.3, 0.4) is 0 Å². The van der Waals surface area contributed by atoms with E-state index in [-0.39, 0.29) is 6.40 Å². The molecule has 1 aliphatic rings. The highest BCUT2D eigenvalue weighted by molar-refractivity contribution is 5.19. The molecule has 1 heteroatoms. The van der Waals surface area contributed by atoms with Crippen molar-refractivity contribution >= 4 is 0 Å². The first-order valence-corrected chi connectivity index (χ1v) is 4.57. The van der Waals surface area contributed by atoms with Gasteiger partial charge in [0.05, 0.1) is 0 Å². The minimum Gasteiger partial charge on any atom is -0.310 e. The van der Waals surface area contributed by atoms with Crippen LogP contribution in [0.2, 0.25) is 0 Å². The zero-order valence-electron chi connectivity index (χ0n) is 8.16. The first-order chi connectivity index (χ1) is 6.36. The molecule has 1 aromatic carbocycles. The lowest BCUT2D eigenvalue weighted by Crippen LogP contribution is -2.26. The van der Waals surface area contributed by atoms with Gasteiger partial charge in [0, 0.05) is 7.41 Å². The van der Waals surface area contributed by atoms with Crippen LogP contribution >= 0.6 is 0 Å². The van der Waals surface area contributed by atoms with Gasteiger partial charge >= 0.3 is 0 Å². The lowest BCUT2D eigenvalue weighted by atomic mass is 9.98. The summed E-state index contributed by atoms with van der Waals surface area (Å²) in [5.41, 5.74) is 1.32. The molecule has 1 aromatic rings. The smallest absolute Gasteiger partial charge is 0.0320 e. The Balaban J connectivity index is 2.08. The number of rotatable bonds is 1. The van der Waals surface area contributed by atoms with Crippen LogP contribution in [0.25, 0.3) is 0 Å². The monoisotopic (exact) mass is 162 g/mol. The van der Waals surface area contributed by atoms with Gasteiger partial charge in [0.25, 0.3) is 0 Å². The van der Waals surface area contributed by atoms with E-state index in [1.165, 1.54) is 5.56 Å². The molecular formula is C11H15N. The third-order valence-corrected chi connectivity index (χ3v) is 2.34. The normalized spacial score (nSPS) is 31.2. The van der Waals surface area contributed by atoms with Crippen molar-refractivity contribution in [2.45, 2.75) is 25.3 Å². The van der Waals surface area contributed by atoms with E-state index in [1.54, 1.807) is 0 Å². The highest BCUT2D eigenvalue weighted by Gasteiger charge is 2.13. The molecule has 0 radical (unpaired) electrons. The quantitative estimate of drug-likeness (QED) is 0.669. The van der Waals surface area contributed by atoms with Gasteiger partial charge in [0.2, 0.25) is 0 Å². The highest BCUT2D eigenvalue weighted by Crippen LogP contribution is 2.21. The first-order valence-electron chi connectivity index (χ1n) is 5.14. The summed E-state index contributed by atoms with van der Waals surface area (Å²) in [4.78, 5) is 0. The second-order valence-electron chi connectivity index (χ2n) is 3.23.